The Morgan fingerprint density at radius 2 is 1.50 bits per heavy atom. The summed E-state index contributed by atoms with van der Waals surface area (Å²) in [5, 5.41) is 15.6. The third kappa shape index (κ3) is 8.79. The number of likely N-dealkylation sites (tertiary alicyclic amines) is 2. The number of aromatic hydroxyl groups is 1. The molecule has 0 saturated carbocycles. The number of carbonyl (C=O) groups excluding carboxylic acids is 4. The summed E-state index contributed by atoms with van der Waals surface area (Å²) in [5.41, 5.74) is 15.1. The molecule has 4 fully saturated rings. The number of rotatable bonds is 12. The van der Waals surface area contributed by atoms with Crippen LogP contribution >= 0.6 is 0 Å². The Balaban J connectivity index is 0.804. The van der Waals surface area contributed by atoms with Crippen molar-refractivity contribution in [2.75, 3.05) is 79.0 Å². The van der Waals surface area contributed by atoms with Crippen LogP contribution < -0.4 is 26.8 Å². The summed E-state index contributed by atoms with van der Waals surface area (Å²) in [6.07, 6.45) is 6.26. The summed E-state index contributed by atoms with van der Waals surface area (Å²) in [7, 11) is 1.80. The molecular formula is C41H55N9O6. The summed E-state index contributed by atoms with van der Waals surface area (Å²) in [5.74, 6) is -0.128. The van der Waals surface area contributed by atoms with Crippen molar-refractivity contribution < 1.29 is 29.0 Å². The van der Waals surface area contributed by atoms with Crippen molar-refractivity contribution in [2.24, 2.45) is 17.4 Å². The maximum absolute atomic E-state index is 13.2. The summed E-state index contributed by atoms with van der Waals surface area (Å²) in [4.78, 5) is 61.1. The Morgan fingerprint density at radius 1 is 0.839 bits per heavy atom. The van der Waals surface area contributed by atoms with Gasteiger partial charge in [-0.2, -0.15) is 0 Å². The first-order valence-corrected chi connectivity index (χ1v) is 19.9. The highest BCUT2D eigenvalue weighted by Crippen LogP contribution is 2.32. The first-order valence-electron chi connectivity index (χ1n) is 19.9. The number of allylic oxidation sites excluding steroid dienone is 1. The topological polar surface area (TPSA) is 190 Å². The number of amides is 4. The zero-order valence-electron chi connectivity index (χ0n) is 32.3. The molecule has 7 rings (SSSR count). The van der Waals surface area contributed by atoms with Gasteiger partial charge < -0.3 is 41.3 Å². The molecule has 15 nitrogen and oxygen atoms in total. The minimum absolute atomic E-state index is 0.0214. The average Bonchev–Trinajstić information content (AvgIpc) is 3.45. The van der Waals surface area contributed by atoms with Crippen LogP contribution in [0.4, 0.5) is 0 Å². The summed E-state index contributed by atoms with van der Waals surface area (Å²) in [6.45, 7) is 10.9. The predicted octanol–water partition coefficient (Wildman–Crippen LogP) is 1.31. The molecule has 300 valence electrons. The van der Waals surface area contributed by atoms with E-state index in [0.717, 1.165) is 95.4 Å². The lowest BCUT2D eigenvalue weighted by Crippen LogP contribution is -2.54. The third-order valence-corrected chi connectivity index (χ3v) is 12.0. The molecule has 1 unspecified atom stereocenters. The minimum Gasteiger partial charge on any atom is -0.507 e. The Morgan fingerprint density at radius 3 is 2.18 bits per heavy atom. The van der Waals surface area contributed by atoms with Gasteiger partial charge in [0.05, 0.1) is 16.8 Å². The van der Waals surface area contributed by atoms with Crippen LogP contribution in [0, 0.1) is 5.92 Å². The number of piperazine rings is 1. The Bertz CT molecular complexity index is 1860. The second-order valence-electron chi connectivity index (χ2n) is 15.6. The molecule has 15 heteroatoms. The molecule has 1 atom stereocenters. The molecule has 4 amide bonds. The monoisotopic (exact) mass is 769 g/mol. The molecule has 0 radical (unpaired) electrons. The Labute approximate surface area is 328 Å². The van der Waals surface area contributed by atoms with E-state index in [-0.39, 0.29) is 35.8 Å². The van der Waals surface area contributed by atoms with Crippen LogP contribution in [0.2, 0.25) is 0 Å². The number of piperidine rings is 3. The zero-order valence-corrected chi connectivity index (χ0v) is 32.3. The van der Waals surface area contributed by atoms with E-state index in [1.165, 1.54) is 12.8 Å². The molecule has 0 aromatic heterocycles. The lowest BCUT2D eigenvalue weighted by atomic mass is 9.95. The minimum atomic E-state index is -0.983. The number of benzene rings is 2. The molecule has 2 aromatic carbocycles. The van der Waals surface area contributed by atoms with Crippen LogP contribution in [0.3, 0.4) is 0 Å². The highest BCUT2D eigenvalue weighted by Gasteiger charge is 2.45. The van der Waals surface area contributed by atoms with Gasteiger partial charge in [-0.1, -0.05) is 12.1 Å². The maximum atomic E-state index is 13.2. The van der Waals surface area contributed by atoms with Gasteiger partial charge in [-0.3, -0.25) is 34.3 Å². The van der Waals surface area contributed by atoms with Gasteiger partial charge in [0.25, 0.3) is 11.8 Å². The number of carbonyl (C=O) groups is 4. The third-order valence-electron chi connectivity index (χ3n) is 12.0. The van der Waals surface area contributed by atoms with Gasteiger partial charge in [-0.25, -0.2) is 0 Å². The highest BCUT2D eigenvalue weighted by atomic mass is 16.5. The number of imide groups is 2. The fourth-order valence-corrected chi connectivity index (χ4v) is 8.59. The first kappa shape index (κ1) is 39.1. The van der Waals surface area contributed by atoms with Crippen molar-refractivity contribution in [3.8, 4) is 11.5 Å². The molecule has 2 aromatic rings. The van der Waals surface area contributed by atoms with Gasteiger partial charge in [-0.15, -0.1) is 0 Å². The maximum Gasteiger partial charge on any atom is 0.262 e. The van der Waals surface area contributed by atoms with Crippen molar-refractivity contribution >= 4 is 29.3 Å². The summed E-state index contributed by atoms with van der Waals surface area (Å²) >= 11 is 0. The van der Waals surface area contributed by atoms with E-state index in [1.54, 1.807) is 43.4 Å². The first-order chi connectivity index (χ1) is 27.1. The molecule has 0 bridgehead atoms. The van der Waals surface area contributed by atoms with Gasteiger partial charge in [0.2, 0.25) is 11.8 Å². The Hall–Kier alpha value is -5.12. The molecule has 4 saturated heterocycles. The molecule has 0 aliphatic carbocycles. The van der Waals surface area contributed by atoms with E-state index >= 15 is 0 Å². The molecule has 5 aliphatic rings. The second-order valence-corrected chi connectivity index (χ2v) is 15.6. The number of phenols is 1. The molecule has 7 N–H and O–H groups in total. The van der Waals surface area contributed by atoms with Gasteiger partial charge in [0, 0.05) is 83.6 Å². The largest absolute Gasteiger partial charge is 0.507 e. The molecule has 5 aliphatic heterocycles. The fourth-order valence-electron chi connectivity index (χ4n) is 8.59. The van der Waals surface area contributed by atoms with Gasteiger partial charge in [-0.05, 0) is 87.5 Å². The fraction of sp³-hybridized carbons (Fsp3) is 0.512. The van der Waals surface area contributed by atoms with Crippen molar-refractivity contribution in [2.45, 2.75) is 50.7 Å². The van der Waals surface area contributed by atoms with E-state index in [9.17, 15) is 24.3 Å². The van der Waals surface area contributed by atoms with Crippen LogP contribution in [-0.4, -0.2) is 144 Å². The summed E-state index contributed by atoms with van der Waals surface area (Å²) in [6, 6.07) is 11.0. The average molecular weight is 770 g/mol. The van der Waals surface area contributed by atoms with E-state index in [4.69, 9.17) is 16.2 Å². The second kappa shape index (κ2) is 17.3. The zero-order chi connectivity index (χ0) is 39.3. The number of ether oxygens (including phenoxy) is 1. The number of hydrogen-bond donors (Lipinski definition) is 5. The van der Waals surface area contributed by atoms with Crippen LogP contribution in [0.25, 0.3) is 5.70 Å². The number of nitrogens with zero attached hydrogens (tertiary/aromatic N) is 5. The van der Waals surface area contributed by atoms with Crippen molar-refractivity contribution in [3.63, 3.8) is 0 Å². The van der Waals surface area contributed by atoms with Gasteiger partial charge in [0.1, 0.15) is 29.5 Å². The standard InChI is InChI=1S/C41H55N9O6/c1-44-38(43)35(25-33(42)31-4-2-3-5-36(31)51)49-22-20-47(21-23-49)19-18-46-14-10-27(11-15-46)26-48-16-12-28(13-17-48)56-29-6-7-30-32(24-29)41(55)50(40(30)54)34-8-9-37(52)45-39(34)53/h2-7,24-25,27-28,34,44,51H,8-23,26,42-43H2,1H3,(H,45,52,53)/b33-25-,38-35-. The number of phenolic OH excluding ortho intramolecular Hbond substituents is 1. The van der Waals surface area contributed by atoms with Crippen LogP contribution in [0.1, 0.15) is 64.8 Å². The van der Waals surface area contributed by atoms with Crippen LogP contribution in [0.15, 0.2) is 60.1 Å². The number of para-hydroxylation sites is 1. The molecule has 0 spiro atoms. The van der Waals surface area contributed by atoms with Gasteiger partial charge >= 0.3 is 0 Å². The van der Waals surface area contributed by atoms with E-state index < -0.39 is 29.7 Å². The lowest BCUT2D eigenvalue weighted by Gasteiger charge is -2.40. The molecule has 5 heterocycles. The van der Waals surface area contributed by atoms with E-state index in [2.05, 4.69) is 30.2 Å². The normalized spacial score (nSPS) is 22.9. The van der Waals surface area contributed by atoms with Crippen molar-refractivity contribution in [1.82, 2.24) is 35.1 Å². The Kier molecular flexibility index (Phi) is 12.1. The van der Waals surface area contributed by atoms with Crippen LogP contribution in [-0.2, 0) is 9.59 Å². The lowest BCUT2D eigenvalue weighted by molar-refractivity contribution is -0.136. The van der Waals surface area contributed by atoms with Gasteiger partial charge in [0.15, 0.2) is 0 Å². The highest BCUT2D eigenvalue weighted by molar-refractivity contribution is 6.23. The molecular weight excluding hydrogens is 715 g/mol. The van der Waals surface area contributed by atoms with E-state index in [1.807, 2.05) is 12.1 Å². The SMILES string of the molecule is CN/C(N)=C(/C=C(\N)c1ccccc1O)N1CCN(CCN2CCC(CN3CCC(Oc4ccc5c(c4)C(=O)N(C4CCC(=O)NC4=O)C5=O)CC3)CC2)CC1. The quantitative estimate of drug-likeness (QED) is 0.154. The molecule has 56 heavy (non-hydrogen) atoms. The number of hydrogen-bond acceptors (Lipinski definition) is 13. The van der Waals surface area contributed by atoms with Crippen molar-refractivity contribution in [1.29, 1.82) is 0 Å². The predicted molar refractivity (Wildman–Crippen MR) is 211 cm³/mol. The number of fused-ring (bicyclic) bond motifs is 1. The summed E-state index contributed by atoms with van der Waals surface area (Å²) < 4.78 is 6.31. The number of nitrogens with one attached hydrogen (secondary N) is 2. The van der Waals surface area contributed by atoms with Crippen molar-refractivity contribution in [3.05, 3.63) is 76.7 Å². The smallest absolute Gasteiger partial charge is 0.262 e. The number of nitrogens with two attached hydrogens (primary N) is 2. The van der Waals surface area contributed by atoms with E-state index in [0.29, 0.717) is 28.7 Å². The van der Waals surface area contributed by atoms with Crippen LogP contribution in [0.5, 0.6) is 11.5 Å².